The summed E-state index contributed by atoms with van der Waals surface area (Å²) < 4.78 is 14.7. The molecule has 0 bridgehead atoms. The van der Waals surface area contributed by atoms with Crippen molar-refractivity contribution in [3.05, 3.63) is 28.8 Å². The fourth-order valence-corrected chi connectivity index (χ4v) is 3.99. The van der Waals surface area contributed by atoms with Gasteiger partial charge in [-0.2, -0.15) is 4.37 Å². The molecule has 11 heteroatoms. The van der Waals surface area contributed by atoms with Crippen molar-refractivity contribution < 1.29 is 23.9 Å². The van der Waals surface area contributed by atoms with E-state index in [1.54, 1.807) is 18.2 Å². The molecule has 1 unspecified atom stereocenters. The quantitative estimate of drug-likeness (QED) is 0.502. The Balaban J connectivity index is 2.71. The zero-order chi connectivity index (χ0) is 24.9. The van der Waals surface area contributed by atoms with E-state index in [2.05, 4.69) is 9.69 Å². The fraction of sp³-hybridized carbons (Fsp3) is 0.455. The predicted octanol–water partition coefficient (Wildman–Crippen LogP) is 2.57. The van der Waals surface area contributed by atoms with Crippen LogP contribution in [-0.4, -0.2) is 47.9 Å². The summed E-state index contributed by atoms with van der Waals surface area (Å²) in [6.45, 7) is 7.48. The van der Waals surface area contributed by atoms with Crippen LogP contribution in [0.5, 0.6) is 11.5 Å². The molecule has 1 aromatic heterocycles. The van der Waals surface area contributed by atoms with E-state index in [0.717, 1.165) is 11.5 Å². The van der Waals surface area contributed by atoms with Gasteiger partial charge in [-0.05, 0) is 50.9 Å². The topological polar surface area (TPSA) is 150 Å². The summed E-state index contributed by atoms with van der Waals surface area (Å²) in [7, 11) is 2.97. The van der Waals surface area contributed by atoms with Gasteiger partial charge in [-0.1, -0.05) is 13.3 Å². The van der Waals surface area contributed by atoms with E-state index in [1.165, 1.54) is 19.1 Å². The Morgan fingerprint density at radius 2 is 1.88 bits per heavy atom. The molecule has 0 aliphatic heterocycles. The molecule has 1 aromatic carbocycles. The monoisotopic (exact) mass is 477 g/mol. The number of benzene rings is 1. The lowest BCUT2D eigenvalue weighted by atomic mass is 10.0. The molecular formula is C22H31N5O5S. The molecule has 180 valence electrons. The average Bonchev–Trinajstić information content (AvgIpc) is 3.13. The van der Waals surface area contributed by atoms with Crippen LogP contribution >= 0.6 is 11.5 Å². The van der Waals surface area contributed by atoms with Gasteiger partial charge in [-0.15, -0.1) is 0 Å². The molecule has 2 rings (SSSR count). The molecule has 2 aromatic rings. The number of ether oxygens (including phenoxy) is 2. The average molecular weight is 478 g/mol. The minimum atomic E-state index is -0.887. The fourth-order valence-electron chi connectivity index (χ4n) is 3.25. The molecular weight excluding hydrogens is 446 g/mol. The van der Waals surface area contributed by atoms with Crippen molar-refractivity contribution >= 4 is 40.6 Å². The first kappa shape index (κ1) is 25.9. The number of methoxy groups -OCH3 is 2. The Bertz CT molecular complexity index is 1030. The Kier molecular flexibility index (Phi) is 8.26. The molecule has 3 amide bonds. The van der Waals surface area contributed by atoms with E-state index in [0.29, 0.717) is 30.0 Å². The van der Waals surface area contributed by atoms with Gasteiger partial charge in [0.15, 0.2) is 5.69 Å². The van der Waals surface area contributed by atoms with Crippen LogP contribution in [0, 0.1) is 0 Å². The largest absolute Gasteiger partial charge is 0.497 e. The van der Waals surface area contributed by atoms with Crippen molar-refractivity contribution in [3.63, 3.8) is 0 Å². The Hall–Kier alpha value is -3.34. The highest BCUT2D eigenvalue weighted by atomic mass is 32.1. The number of nitrogens with two attached hydrogens (primary N) is 2. The van der Waals surface area contributed by atoms with Gasteiger partial charge in [0.1, 0.15) is 22.4 Å². The van der Waals surface area contributed by atoms with Crippen LogP contribution < -0.4 is 31.2 Å². The van der Waals surface area contributed by atoms with Gasteiger partial charge in [0.2, 0.25) is 5.91 Å². The Labute approximate surface area is 197 Å². The number of amides is 3. The molecule has 0 aliphatic carbocycles. The number of hydrogen-bond acceptors (Lipinski definition) is 8. The van der Waals surface area contributed by atoms with Crippen LogP contribution in [-0.2, 0) is 4.79 Å². The van der Waals surface area contributed by atoms with E-state index in [1.807, 2.05) is 27.7 Å². The molecule has 10 nitrogen and oxygen atoms in total. The molecule has 0 saturated carbocycles. The maximum atomic E-state index is 13.8. The van der Waals surface area contributed by atoms with E-state index in [9.17, 15) is 14.4 Å². The standard InChI is InChI=1S/C22H31N5O5S/c1-7-8-14(20(29)25-22(2,3)4)27(13-10-9-12(31-5)11-15(13)32-6)21(30)18-16(23)17(19(24)28)26-33-18/h9-11,14H,7-8,23H2,1-6H3,(H2,24,28)(H,25,29). The van der Waals surface area contributed by atoms with Crippen LogP contribution in [0.3, 0.4) is 0 Å². The third-order valence-electron chi connectivity index (χ3n) is 4.70. The molecule has 0 fully saturated rings. The second kappa shape index (κ2) is 10.5. The van der Waals surface area contributed by atoms with Crippen LogP contribution in [0.15, 0.2) is 18.2 Å². The first-order valence-electron chi connectivity index (χ1n) is 10.4. The summed E-state index contributed by atoms with van der Waals surface area (Å²) >= 11 is 0.753. The van der Waals surface area contributed by atoms with Gasteiger partial charge < -0.3 is 26.3 Å². The zero-order valence-corrected chi connectivity index (χ0v) is 20.5. The lowest BCUT2D eigenvalue weighted by Gasteiger charge is -2.34. The number of anilines is 2. The number of nitrogens with zero attached hydrogens (tertiary/aromatic N) is 2. The normalized spacial score (nSPS) is 12.1. The zero-order valence-electron chi connectivity index (χ0n) is 19.7. The van der Waals surface area contributed by atoms with Crippen molar-refractivity contribution in [1.82, 2.24) is 9.69 Å². The summed E-state index contributed by atoms with van der Waals surface area (Å²) in [5.74, 6) is -0.933. The number of carbonyl (C=O) groups is 3. The van der Waals surface area contributed by atoms with Crippen molar-refractivity contribution in [2.24, 2.45) is 5.73 Å². The number of nitrogen functional groups attached to an aromatic ring is 1. The van der Waals surface area contributed by atoms with Gasteiger partial charge in [-0.25, -0.2) is 0 Å². The van der Waals surface area contributed by atoms with Crippen LogP contribution in [0.25, 0.3) is 0 Å². The lowest BCUT2D eigenvalue weighted by molar-refractivity contribution is -0.123. The highest BCUT2D eigenvalue weighted by Gasteiger charge is 2.36. The van der Waals surface area contributed by atoms with Gasteiger partial charge in [0.05, 0.1) is 25.6 Å². The lowest BCUT2D eigenvalue weighted by Crippen LogP contribution is -2.54. The summed E-state index contributed by atoms with van der Waals surface area (Å²) in [4.78, 5) is 40.1. The molecule has 0 saturated heterocycles. The second-order valence-electron chi connectivity index (χ2n) is 8.39. The van der Waals surface area contributed by atoms with Crippen molar-refractivity contribution in [2.45, 2.75) is 52.1 Å². The van der Waals surface area contributed by atoms with Crippen molar-refractivity contribution in [2.75, 3.05) is 24.9 Å². The maximum Gasteiger partial charge on any atom is 0.272 e. The van der Waals surface area contributed by atoms with Crippen molar-refractivity contribution in [1.29, 1.82) is 0 Å². The van der Waals surface area contributed by atoms with Crippen LogP contribution in [0.1, 0.15) is 60.7 Å². The minimum absolute atomic E-state index is 0.00586. The predicted molar refractivity (Wildman–Crippen MR) is 128 cm³/mol. The van der Waals surface area contributed by atoms with Crippen LogP contribution in [0.4, 0.5) is 11.4 Å². The number of aromatic nitrogens is 1. The molecule has 1 atom stereocenters. The molecule has 5 N–H and O–H groups in total. The van der Waals surface area contributed by atoms with E-state index < -0.39 is 23.4 Å². The SMILES string of the molecule is CCCC(C(=O)NC(C)(C)C)N(C(=O)c1snc(C(N)=O)c1N)c1ccc(OC)cc1OC. The molecule has 1 heterocycles. The third-order valence-corrected chi connectivity index (χ3v) is 5.55. The summed E-state index contributed by atoms with van der Waals surface area (Å²) in [6, 6.07) is 4.02. The molecule has 0 spiro atoms. The molecule has 33 heavy (non-hydrogen) atoms. The number of primary amides is 1. The number of hydrogen-bond donors (Lipinski definition) is 3. The number of rotatable bonds is 9. The Morgan fingerprint density at radius 3 is 2.36 bits per heavy atom. The second-order valence-corrected chi connectivity index (χ2v) is 9.17. The number of carbonyl (C=O) groups excluding carboxylic acids is 3. The first-order chi connectivity index (χ1) is 15.4. The van der Waals surface area contributed by atoms with E-state index in [4.69, 9.17) is 20.9 Å². The summed E-state index contributed by atoms with van der Waals surface area (Å²) in [5.41, 5.74) is 10.9. The molecule has 0 radical (unpaired) electrons. The summed E-state index contributed by atoms with van der Waals surface area (Å²) in [6.07, 6.45) is 0.986. The third kappa shape index (κ3) is 5.92. The highest BCUT2D eigenvalue weighted by Crippen LogP contribution is 2.37. The van der Waals surface area contributed by atoms with Gasteiger partial charge in [-0.3, -0.25) is 19.3 Å². The minimum Gasteiger partial charge on any atom is -0.497 e. The van der Waals surface area contributed by atoms with E-state index in [-0.39, 0.29) is 22.2 Å². The molecule has 0 aliphatic rings. The number of nitrogens with one attached hydrogen (secondary N) is 1. The summed E-state index contributed by atoms with van der Waals surface area (Å²) in [5, 5.41) is 2.94. The van der Waals surface area contributed by atoms with E-state index >= 15 is 0 Å². The maximum absolute atomic E-state index is 13.8. The van der Waals surface area contributed by atoms with Crippen LogP contribution in [0.2, 0.25) is 0 Å². The van der Waals surface area contributed by atoms with Gasteiger partial charge in [0, 0.05) is 11.6 Å². The first-order valence-corrected chi connectivity index (χ1v) is 11.1. The van der Waals surface area contributed by atoms with Gasteiger partial charge >= 0.3 is 0 Å². The Morgan fingerprint density at radius 1 is 1.21 bits per heavy atom. The van der Waals surface area contributed by atoms with Crippen molar-refractivity contribution in [3.8, 4) is 11.5 Å². The van der Waals surface area contributed by atoms with Gasteiger partial charge in [0.25, 0.3) is 11.8 Å². The smallest absolute Gasteiger partial charge is 0.272 e. The highest BCUT2D eigenvalue weighted by molar-refractivity contribution is 7.09.